The zero-order valence-electron chi connectivity index (χ0n) is 11.3. The van der Waals surface area contributed by atoms with E-state index in [4.69, 9.17) is 10.6 Å². The van der Waals surface area contributed by atoms with Crippen LogP contribution in [0.3, 0.4) is 0 Å². The van der Waals surface area contributed by atoms with Gasteiger partial charge in [0.25, 0.3) is 0 Å². The molecule has 1 heterocycles. The molecule has 108 valence electrons. The van der Waals surface area contributed by atoms with Gasteiger partial charge in [-0.25, -0.2) is 4.39 Å². The highest BCUT2D eigenvalue weighted by atomic mass is 32.2. The number of nitrogens with zero attached hydrogens (tertiary/aromatic N) is 2. The molecule has 5 nitrogen and oxygen atoms in total. The molecule has 3 N–H and O–H groups in total. The van der Waals surface area contributed by atoms with E-state index in [-0.39, 0.29) is 11.9 Å². The molecule has 0 amide bonds. The fraction of sp³-hybridized carbons (Fsp3) is 0.308. The van der Waals surface area contributed by atoms with Gasteiger partial charge in [-0.3, -0.25) is 16.0 Å². The number of rotatable bonds is 6. The fourth-order valence-corrected chi connectivity index (χ4v) is 2.91. The van der Waals surface area contributed by atoms with Crippen LogP contribution in [-0.2, 0) is 7.05 Å². The van der Waals surface area contributed by atoms with Gasteiger partial charge in [0, 0.05) is 17.7 Å². The van der Waals surface area contributed by atoms with Crippen LogP contribution >= 0.6 is 11.8 Å². The Morgan fingerprint density at radius 3 is 3.00 bits per heavy atom. The first-order valence-corrected chi connectivity index (χ1v) is 7.04. The molecule has 0 aliphatic heterocycles. The third-order valence-electron chi connectivity index (χ3n) is 2.91. The number of hydrazine groups is 1. The molecule has 0 saturated carbocycles. The molecule has 0 saturated heterocycles. The summed E-state index contributed by atoms with van der Waals surface area (Å²) in [7, 11) is 3.42. The largest absolute Gasteiger partial charge is 0.493 e. The summed E-state index contributed by atoms with van der Waals surface area (Å²) in [5.41, 5.74) is 3.61. The van der Waals surface area contributed by atoms with Gasteiger partial charge in [-0.2, -0.15) is 5.10 Å². The average Bonchev–Trinajstić information content (AvgIpc) is 2.81. The lowest BCUT2D eigenvalue weighted by Gasteiger charge is -2.17. The van der Waals surface area contributed by atoms with Crippen LogP contribution in [0, 0.1) is 5.82 Å². The number of thioether (sulfide) groups is 1. The van der Waals surface area contributed by atoms with Crippen LogP contribution in [0.15, 0.2) is 35.4 Å². The predicted octanol–water partition coefficient (Wildman–Crippen LogP) is 1.86. The second-order valence-corrected chi connectivity index (χ2v) is 5.30. The van der Waals surface area contributed by atoms with E-state index in [1.165, 1.54) is 23.9 Å². The minimum Gasteiger partial charge on any atom is -0.493 e. The maximum Gasteiger partial charge on any atom is 0.161 e. The zero-order chi connectivity index (χ0) is 14.5. The third-order valence-corrected chi connectivity index (χ3v) is 4.00. The number of hydrogen-bond acceptors (Lipinski definition) is 5. The average molecular weight is 296 g/mol. The summed E-state index contributed by atoms with van der Waals surface area (Å²) in [6.45, 7) is 0. The summed E-state index contributed by atoms with van der Waals surface area (Å²) >= 11 is 1.51. The van der Waals surface area contributed by atoms with Gasteiger partial charge in [0.2, 0.25) is 0 Å². The van der Waals surface area contributed by atoms with Gasteiger partial charge in [0.15, 0.2) is 5.75 Å². The molecule has 20 heavy (non-hydrogen) atoms. The smallest absolute Gasteiger partial charge is 0.161 e. The minimum absolute atomic E-state index is 0.147. The monoisotopic (exact) mass is 296 g/mol. The summed E-state index contributed by atoms with van der Waals surface area (Å²) in [5, 5.41) is 4.15. The van der Waals surface area contributed by atoms with Gasteiger partial charge in [-0.05, 0) is 18.2 Å². The number of ether oxygens (including phenoxy) is 1. The van der Waals surface area contributed by atoms with Crippen molar-refractivity contribution in [3.05, 3.63) is 42.0 Å². The molecule has 2 rings (SSSR count). The quantitative estimate of drug-likeness (QED) is 0.484. The molecule has 1 aromatic heterocycles. The number of methoxy groups -OCH3 is 1. The Labute approximate surface area is 121 Å². The molecule has 0 spiro atoms. The van der Waals surface area contributed by atoms with Crippen molar-refractivity contribution in [2.45, 2.75) is 10.9 Å². The molecular weight excluding hydrogens is 279 g/mol. The van der Waals surface area contributed by atoms with Gasteiger partial charge in [-0.1, -0.05) is 6.07 Å². The van der Waals surface area contributed by atoms with E-state index in [9.17, 15) is 4.39 Å². The number of aromatic nitrogens is 2. The van der Waals surface area contributed by atoms with E-state index in [2.05, 4.69) is 10.5 Å². The molecule has 0 aliphatic rings. The lowest BCUT2D eigenvalue weighted by atomic mass is 10.2. The first-order chi connectivity index (χ1) is 9.65. The van der Waals surface area contributed by atoms with Crippen molar-refractivity contribution in [2.75, 3.05) is 12.9 Å². The Balaban J connectivity index is 2.11. The Morgan fingerprint density at radius 1 is 1.55 bits per heavy atom. The van der Waals surface area contributed by atoms with Gasteiger partial charge in [0.05, 0.1) is 25.0 Å². The van der Waals surface area contributed by atoms with E-state index in [1.807, 2.05) is 13.1 Å². The maximum atomic E-state index is 13.1. The van der Waals surface area contributed by atoms with E-state index in [0.29, 0.717) is 11.5 Å². The number of halogens is 1. The highest BCUT2D eigenvalue weighted by Gasteiger charge is 2.19. The number of benzene rings is 1. The summed E-state index contributed by atoms with van der Waals surface area (Å²) in [6, 6.07) is 6.33. The Kier molecular flexibility index (Phi) is 4.99. The fourth-order valence-electron chi connectivity index (χ4n) is 1.92. The molecule has 0 bridgehead atoms. The molecule has 1 atom stereocenters. The molecule has 0 aliphatic carbocycles. The van der Waals surface area contributed by atoms with Crippen molar-refractivity contribution < 1.29 is 9.13 Å². The molecular formula is C13H17FN4OS. The van der Waals surface area contributed by atoms with Crippen LogP contribution in [0.1, 0.15) is 11.7 Å². The second kappa shape index (κ2) is 6.74. The highest BCUT2D eigenvalue weighted by molar-refractivity contribution is 7.99. The third kappa shape index (κ3) is 3.30. The molecule has 0 fully saturated rings. The zero-order valence-corrected chi connectivity index (χ0v) is 12.2. The van der Waals surface area contributed by atoms with Crippen LogP contribution < -0.4 is 16.0 Å². The van der Waals surface area contributed by atoms with E-state index in [1.54, 1.807) is 24.1 Å². The Bertz CT molecular complexity index is 575. The van der Waals surface area contributed by atoms with Crippen LogP contribution in [0.2, 0.25) is 0 Å². The highest BCUT2D eigenvalue weighted by Crippen LogP contribution is 2.29. The SMILES string of the molecule is COc1cnn(C)c1C(CSc1cccc(F)c1)NN. The maximum absolute atomic E-state index is 13.1. The summed E-state index contributed by atoms with van der Waals surface area (Å²) in [4.78, 5) is 0.853. The molecule has 1 unspecified atom stereocenters. The molecule has 7 heteroatoms. The predicted molar refractivity (Wildman–Crippen MR) is 76.9 cm³/mol. The first-order valence-electron chi connectivity index (χ1n) is 6.06. The molecule has 2 aromatic rings. The van der Waals surface area contributed by atoms with Crippen molar-refractivity contribution in [3.63, 3.8) is 0 Å². The number of nitrogens with two attached hydrogens (primary N) is 1. The Morgan fingerprint density at radius 2 is 2.35 bits per heavy atom. The van der Waals surface area contributed by atoms with E-state index in [0.717, 1.165) is 10.6 Å². The summed E-state index contributed by atoms with van der Waals surface area (Å²) in [5.74, 6) is 6.68. The van der Waals surface area contributed by atoms with Crippen LogP contribution in [0.25, 0.3) is 0 Å². The molecule has 0 radical (unpaired) electrons. The van der Waals surface area contributed by atoms with Crippen molar-refractivity contribution in [2.24, 2.45) is 12.9 Å². The van der Waals surface area contributed by atoms with Crippen molar-refractivity contribution in [1.82, 2.24) is 15.2 Å². The standard InChI is InChI=1S/C13H17FN4OS/c1-18-13(12(19-2)7-16-18)11(17-15)8-20-10-5-3-4-9(14)6-10/h3-7,11,17H,8,15H2,1-2H3. The lowest BCUT2D eigenvalue weighted by Crippen LogP contribution is -2.31. The van der Waals surface area contributed by atoms with E-state index < -0.39 is 0 Å². The van der Waals surface area contributed by atoms with Crippen LogP contribution in [0.4, 0.5) is 4.39 Å². The first kappa shape index (κ1) is 14.8. The number of aryl methyl sites for hydroxylation is 1. The topological polar surface area (TPSA) is 65.1 Å². The normalized spacial score (nSPS) is 12.4. The van der Waals surface area contributed by atoms with Gasteiger partial charge >= 0.3 is 0 Å². The second-order valence-electron chi connectivity index (χ2n) is 4.21. The summed E-state index contributed by atoms with van der Waals surface area (Å²) in [6.07, 6.45) is 1.65. The lowest BCUT2D eigenvalue weighted by molar-refractivity contribution is 0.399. The summed E-state index contributed by atoms with van der Waals surface area (Å²) < 4.78 is 20.1. The van der Waals surface area contributed by atoms with Gasteiger partial charge in [-0.15, -0.1) is 11.8 Å². The van der Waals surface area contributed by atoms with Crippen molar-refractivity contribution >= 4 is 11.8 Å². The van der Waals surface area contributed by atoms with Crippen molar-refractivity contribution in [1.29, 1.82) is 0 Å². The van der Waals surface area contributed by atoms with Gasteiger partial charge < -0.3 is 4.74 Å². The van der Waals surface area contributed by atoms with E-state index >= 15 is 0 Å². The number of nitrogens with one attached hydrogen (secondary N) is 1. The number of hydrogen-bond donors (Lipinski definition) is 2. The minimum atomic E-state index is -0.245. The molecule has 1 aromatic carbocycles. The Hall–Kier alpha value is -1.57. The van der Waals surface area contributed by atoms with Crippen LogP contribution in [-0.4, -0.2) is 22.6 Å². The van der Waals surface area contributed by atoms with Crippen molar-refractivity contribution in [3.8, 4) is 5.75 Å². The van der Waals surface area contributed by atoms with Gasteiger partial charge in [0.1, 0.15) is 5.82 Å². The van der Waals surface area contributed by atoms with Crippen LogP contribution in [0.5, 0.6) is 5.75 Å².